The maximum atomic E-state index is 12.2. The number of rotatable bonds is 4. The molecule has 5 heteroatoms. The Bertz CT molecular complexity index is 871. The van der Waals surface area contributed by atoms with Crippen LogP contribution in [0, 0.1) is 6.92 Å². The molecule has 2 aromatic heterocycles. The summed E-state index contributed by atoms with van der Waals surface area (Å²) in [6, 6.07) is 14.1. The van der Waals surface area contributed by atoms with Gasteiger partial charge in [0.25, 0.3) is 0 Å². The number of imidazole rings is 1. The molecule has 24 heavy (non-hydrogen) atoms. The average Bonchev–Trinajstić information content (AvgIpc) is 3.16. The van der Waals surface area contributed by atoms with Gasteiger partial charge in [0.05, 0.1) is 5.69 Å². The smallest absolute Gasteiger partial charge is 0.228 e. The predicted molar refractivity (Wildman–Crippen MR) is 94.0 cm³/mol. The minimum Gasteiger partial charge on any atom is -0.311 e. The average molecular weight is 320 g/mol. The van der Waals surface area contributed by atoms with E-state index in [-0.39, 0.29) is 11.9 Å². The number of nitrogens with zero attached hydrogens (tertiary/aromatic N) is 3. The summed E-state index contributed by atoms with van der Waals surface area (Å²) in [5.74, 6) is 0.171. The third-order valence-electron chi connectivity index (χ3n) is 4.41. The van der Waals surface area contributed by atoms with E-state index in [0.717, 1.165) is 17.0 Å². The van der Waals surface area contributed by atoms with E-state index in [4.69, 9.17) is 0 Å². The van der Waals surface area contributed by atoms with Crippen LogP contribution in [0.25, 0.3) is 5.65 Å². The molecule has 0 bridgehead atoms. The second kappa shape index (κ2) is 6.09. The Hall–Kier alpha value is -2.66. The molecule has 5 nitrogen and oxygen atoms in total. The van der Waals surface area contributed by atoms with Crippen LogP contribution in [0.3, 0.4) is 0 Å². The van der Waals surface area contributed by atoms with Crippen molar-refractivity contribution in [1.29, 1.82) is 0 Å². The van der Waals surface area contributed by atoms with Crippen molar-refractivity contribution in [3.63, 3.8) is 0 Å². The Kier molecular flexibility index (Phi) is 3.78. The lowest BCUT2D eigenvalue weighted by Crippen LogP contribution is -2.32. The van der Waals surface area contributed by atoms with Crippen molar-refractivity contribution >= 4 is 17.2 Å². The number of para-hydroxylation sites is 1. The Labute approximate surface area is 140 Å². The van der Waals surface area contributed by atoms with Gasteiger partial charge in [-0.05, 0) is 30.7 Å². The summed E-state index contributed by atoms with van der Waals surface area (Å²) in [5.41, 5.74) is 4.12. The van der Waals surface area contributed by atoms with E-state index in [0.29, 0.717) is 19.5 Å². The molecule has 3 heterocycles. The van der Waals surface area contributed by atoms with Gasteiger partial charge in [0.15, 0.2) is 0 Å². The Balaban J connectivity index is 1.41. The van der Waals surface area contributed by atoms with Crippen molar-refractivity contribution in [2.24, 2.45) is 0 Å². The summed E-state index contributed by atoms with van der Waals surface area (Å²) in [5, 5.41) is 3.47. The summed E-state index contributed by atoms with van der Waals surface area (Å²) < 4.78 is 2.04. The first kappa shape index (κ1) is 14.9. The first-order valence-electron chi connectivity index (χ1n) is 8.22. The zero-order valence-electron chi connectivity index (χ0n) is 13.6. The summed E-state index contributed by atoms with van der Waals surface area (Å²) in [6.07, 6.45) is 4.64. The zero-order chi connectivity index (χ0) is 16.5. The highest BCUT2D eigenvalue weighted by Gasteiger charge is 2.30. The van der Waals surface area contributed by atoms with E-state index >= 15 is 0 Å². The molecule has 1 aliphatic heterocycles. The molecule has 0 radical (unpaired) electrons. The van der Waals surface area contributed by atoms with Crippen LogP contribution >= 0.6 is 0 Å². The molecule has 0 aliphatic carbocycles. The van der Waals surface area contributed by atoms with Gasteiger partial charge in [-0.3, -0.25) is 4.79 Å². The van der Waals surface area contributed by atoms with E-state index in [1.807, 2.05) is 51.9 Å². The van der Waals surface area contributed by atoms with Gasteiger partial charge in [-0.25, -0.2) is 4.98 Å². The minimum atomic E-state index is 0.157. The van der Waals surface area contributed by atoms with Gasteiger partial charge in [-0.1, -0.05) is 24.3 Å². The van der Waals surface area contributed by atoms with Crippen molar-refractivity contribution in [2.45, 2.75) is 25.9 Å². The number of carbonyl (C=O) groups is 1. The van der Waals surface area contributed by atoms with Crippen molar-refractivity contribution in [2.75, 3.05) is 11.4 Å². The topological polar surface area (TPSA) is 49.6 Å². The summed E-state index contributed by atoms with van der Waals surface area (Å²) in [6.45, 7) is 3.44. The van der Waals surface area contributed by atoms with Crippen LogP contribution in [0.1, 0.15) is 17.7 Å². The first-order valence-corrected chi connectivity index (χ1v) is 8.22. The molecule has 1 amide bonds. The number of hydrogen-bond donors (Lipinski definition) is 1. The highest BCUT2D eigenvalue weighted by molar-refractivity contribution is 5.96. The standard InChI is InChI=1S/C19H20N4O/c1-14-7-8-18-21-16(12-22(18)11-14)10-20-15-9-19(24)23(13-15)17-5-3-2-4-6-17/h2-8,11-12,15,20H,9-10,13H2,1H3/t15-/m1/s1. The molecule has 0 unspecified atom stereocenters. The van der Waals surface area contributed by atoms with E-state index in [1.165, 1.54) is 5.56 Å². The fourth-order valence-corrected chi connectivity index (χ4v) is 3.19. The molecule has 122 valence electrons. The van der Waals surface area contributed by atoms with Crippen LogP contribution < -0.4 is 10.2 Å². The van der Waals surface area contributed by atoms with E-state index in [2.05, 4.69) is 29.5 Å². The molecule has 1 saturated heterocycles. The lowest BCUT2D eigenvalue weighted by molar-refractivity contribution is -0.117. The van der Waals surface area contributed by atoms with Gasteiger partial charge in [0.2, 0.25) is 5.91 Å². The molecule has 3 aromatic rings. The third-order valence-corrected chi connectivity index (χ3v) is 4.41. The molecule has 1 N–H and O–H groups in total. The molecular formula is C19H20N4O. The summed E-state index contributed by atoms with van der Waals surface area (Å²) in [7, 11) is 0. The minimum absolute atomic E-state index is 0.157. The van der Waals surface area contributed by atoms with Gasteiger partial charge < -0.3 is 14.6 Å². The van der Waals surface area contributed by atoms with Gasteiger partial charge in [0, 0.05) is 43.6 Å². The van der Waals surface area contributed by atoms with Gasteiger partial charge >= 0.3 is 0 Å². The number of pyridine rings is 1. The zero-order valence-corrected chi connectivity index (χ0v) is 13.6. The van der Waals surface area contributed by atoms with Crippen molar-refractivity contribution in [3.05, 3.63) is 66.1 Å². The largest absolute Gasteiger partial charge is 0.311 e. The number of nitrogens with one attached hydrogen (secondary N) is 1. The lowest BCUT2D eigenvalue weighted by atomic mass is 10.2. The van der Waals surface area contributed by atoms with Gasteiger partial charge in [-0.15, -0.1) is 0 Å². The second-order valence-corrected chi connectivity index (χ2v) is 6.33. The Morgan fingerprint density at radius 3 is 2.83 bits per heavy atom. The van der Waals surface area contributed by atoms with Crippen LogP contribution in [0.5, 0.6) is 0 Å². The summed E-state index contributed by atoms with van der Waals surface area (Å²) in [4.78, 5) is 18.7. The van der Waals surface area contributed by atoms with E-state index < -0.39 is 0 Å². The molecule has 4 rings (SSSR count). The monoisotopic (exact) mass is 320 g/mol. The lowest BCUT2D eigenvalue weighted by Gasteiger charge is -2.16. The van der Waals surface area contributed by atoms with Gasteiger partial charge in [0.1, 0.15) is 5.65 Å². The van der Waals surface area contributed by atoms with Crippen LogP contribution in [-0.4, -0.2) is 27.9 Å². The fraction of sp³-hybridized carbons (Fsp3) is 0.263. The van der Waals surface area contributed by atoms with E-state index in [1.54, 1.807) is 0 Å². The highest BCUT2D eigenvalue weighted by atomic mass is 16.2. The van der Waals surface area contributed by atoms with Crippen LogP contribution in [0.2, 0.25) is 0 Å². The molecular weight excluding hydrogens is 300 g/mol. The third kappa shape index (κ3) is 2.90. The maximum absolute atomic E-state index is 12.2. The highest BCUT2D eigenvalue weighted by Crippen LogP contribution is 2.21. The molecule has 0 saturated carbocycles. The maximum Gasteiger partial charge on any atom is 0.228 e. The fourth-order valence-electron chi connectivity index (χ4n) is 3.19. The number of carbonyl (C=O) groups excluding carboxylic acids is 1. The molecule has 1 fully saturated rings. The summed E-state index contributed by atoms with van der Waals surface area (Å²) >= 11 is 0. The van der Waals surface area contributed by atoms with Crippen LogP contribution in [0.4, 0.5) is 5.69 Å². The van der Waals surface area contributed by atoms with Crippen molar-refractivity contribution in [1.82, 2.24) is 14.7 Å². The number of benzene rings is 1. The normalized spacial score (nSPS) is 17.8. The predicted octanol–water partition coefficient (Wildman–Crippen LogP) is 2.54. The van der Waals surface area contributed by atoms with Crippen molar-refractivity contribution in [3.8, 4) is 0 Å². The Morgan fingerprint density at radius 1 is 1.17 bits per heavy atom. The number of hydrogen-bond acceptors (Lipinski definition) is 3. The SMILES string of the molecule is Cc1ccc2nc(CN[C@@H]3CC(=O)N(c4ccccc4)C3)cn2c1. The van der Waals surface area contributed by atoms with Crippen molar-refractivity contribution < 1.29 is 4.79 Å². The number of amides is 1. The van der Waals surface area contributed by atoms with Gasteiger partial charge in [-0.2, -0.15) is 0 Å². The number of anilines is 1. The first-order chi connectivity index (χ1) is 11.7. The molecule has 1 aromatic carbocycles. The molecule has 0 spiro atoms. The number of aryl methyl sites for hydroxylation is 1. The molecule has 1 aliphatic rings. The Morgan fingerprint density at radius 2 is 2.00 bits per heavy atom. The van der Waals surface area contributed by atoms with Crippen LogP contribution in [0.15, 0.2) is 54.9 Å². The number of aromatic nitrogens is 2. The molecule has 1 atom stereocenters. The quantitative estimate of drug-likeness (QED) is 0.804. The second-order valence-electron chi connectivity index (χ2n) is 6.33. The van der Waals surface area contributed by atoms with E-state index in [9.17, 15) is 4.79 Å². The van der Waals surface area contributed by atoms with Crippen LogP contribution in [-0.2, 0) is 11.3 Å². The number of fused-ring (bicyclic) bond motifs is 1.